The van der Waals surface area contributed by atoms with Crippen LogP contribution in [0.3, 0.4) is 0 Å². The highest BCUT2D eigenvalue weighted by molar-refractivity contribution is 5.84. The summed E-state index contributed by atoms with van der Waals surface area (Å²) in [7, 11) is 0. The Morgan fingerprint density at radius 2 is 2.24 bits per heavy atom. The van der Waals surface area contributed by atoms with Gasteiger partial charge in [-0.15, -0.1) is 0 Å². The van der Waals surface area contributed by atoms with Gasteiger partial charge in [-0.25, -0.2) is 4.98 Å². The van der Waals surface area contributed by atoms with Gasteiger partial charge in [-0.3, -0.25) is 4.79 Å². The molecule has 0 saturated carbocycles. The molecule has 1 aliphatic carbocycles. The lowest BCUT2D eigenvalue weighted by molar-refractivity contribution is -0.124. The first-order valence-electron chi connectivity index (χ1n) is 8.14. The Labute approximate surface area is 127 Å². The van der Waals surface area contributed by atoms with Crippen LogP contribution in [0.25, 0.3) is 0 Å². The number of amides is 1. The summed E-state index contributed by atoms with van der Waals surface area (Å²) in [4.78, 5) is 16.2. The van der Waals surface area contributed by atoms with Crippen molar-refractivity contribution in [1.29, 1.82) is 0 Å². The Morgan fingerprint density at radius 1 is 1.48 bits per heavy atom. The Balaban J connectivity index is 1.90. The topological polar surface area (TPSA) is 72.9 Å². The van der Waals surface area contributed by atoms with E-state index in [1.54, 1.807) is 0 Å². The lowest BCUT2D eigenvalue weighted by Gasteiger charge is -2.27. The summed E-state index contributed by atoms with van der Waals surface area (Å²) in [6, 6.07) is 0. The molecule has 0 saturated heterocycles. The van der Waals surface area contributed by atoms with E-state index in [2.05, 4.69) is 21.8 Å². The lowest BCUT2D eigenvalue weighted by atomic mass is 9.94. The molecule has 1 aliphatic rings. The SMILES string of the molecule is CCCNC(C)(CCCn1cnc2c1CCCC2)C(N)=O. The molecule has 1 amide bonds. The maximum atomic E-state index is 11.7. The van der Waals surface area contributed by atoms with Gasteiger partial charge in [0.25, 0.3) is 0 Å². The van der Waals surface area contributed by atoms with Gasteiger partial charge in [-0.1, -0.05) is 6.92 Å². The largest absolute Gasteiger partial charge is 0.368 e. The van der Waals surface area contributed by atoms with Crippen LogP contribution in [0.4, 0.5) is 0 Å². The molecule has 5 nitrogen and oxygen atoms in total. The molecule has 0 aromatic carbocycles. The summed E-state index contributed by atoms with van der Waals surface area (Å²) in [6.07, 6.45) is 9.40. The fraction of sp³-hybridized carbons (Fsp3) is 0.750. The number of hydrogen-bond acceptors (Lipinski definition) is 3. The van der Waals surface area contributed by atoms with Crippen LogP contribution in [0.15, 0.2) is 6.33 Å². The minimum Gasteiger partial charge on any atom is -0.368 e. The van der Waals surface area contributed by atoms with Crippen LogP contribution in [0, 0.1) is 0 Å². The Bertz CT molecular complexity index is 483. The highest BCUT2D eigenvalue weighted by Gasteiger charge is 2.29. The quantitative estimate of drug-likeness (QED) is 0.767. The van der Waals surface area contributed by atoms with Gasteiger partial charge in [0.15, 0.2) is 0 Å². The minimum absolute atomic E-state index is 0.261. The second kappa shape index (κ2) is 7.07. The number of nitrogens with one attached hydrogen (secondary N) is 1. The first-order chi connectivity index (χ1) is 10.1. The predicted molar refractivity (Wildman–Crippen MR) is 84.0 cm³/mol. The van der Waals surface area contributed by atoms with Crippen molar-refractivity contribution >= 4 is 5.91 Å². The number of hydrogen-bond donors (Lipinski definition) is 2. The van der Waals surface area contributed by atoms with Crippen LogP contribution in [0.5, 0.6) is 0 Å². The summed E-state index contributed by atoms with van der Waals surface area (Å²) < 4.78 is 2.26. The average Bonchev–Trinajstić information content (AvgIpc) is 2.88. The van der Waals surface area contributed by atoms with Crippen LogP contribution in [0.1, 0.15) is 57.3 Å². The predicted octanol–water partition coefficient (Wildman–Crippen LogP) is 1.79. The van der Waals surface area contributed by atoms with E-state index in [-0.39, 0.29) is 5.91 Å². The maximum Gasteiger partial charge on any atom is 0.237 e. The van der Waals surface area contributed by atoms with Gasteiger partial charge in [-0.2, -0.15) is 0 Å². The molecule has 0 bridgehead atoms. The van der Waals surface area contributed by atoms with E-state index in [0.29, 0.717) is 0 Å². The van der Waals surface area contributed by atoms with Crippen molar-refractivity contribution in [2.75, 3.05) is 6.54 Å². The maximum absolute atomic E-state index is 11.7. The number of aromatic nitrogens is 2. The van der Waals surface area contributed by atoms with Crippen LogP contribution >= 0.6 is 0 Å². The zero-order valence-electron chi connectivity index (χ0n) is 13.3. The fourth-order valence-corrected chi connectivity index (χ4v) is 3.03. The van der Waals surface area contributed by atoms with Gasteiger partial charge in [-0.05, 0) is 58.4 Å². The van der Waals surface area contributed by atoms with Crippen molar-refractivity contribution < 1.29 is 4.79 Å². The number of carbonyl (C=O) groups excluding carboxylic acids is 1. The monoisotopic (exact) mass is 292 g/mol. The number of primary amides is 1. The molecular formula is C16H28N4O. The summed E-state index contributed by atoms with van der Waals surface area (Å²) in [5, 5.41) is 3.29. The van der Waals surface area contributed by atoms with Crippen molar-refractivity contribution in [2.45, 2.75) is 70.9 Å². The van der Waals surface area contributed by atoms with Crippen LogP contribution in [-0.4, -0.2) is 27.5 Å². The van der Waals surface area contributed by atoms with Crippen LogP contribution in [0.2, 0.25) is 0 Å². The van der Waals surface area contributed by atoms with Gasteiger partial charge in [0.1, 0.15) is 0 Å². The van der Waals surface area contributed by atoms with Crippen molar-refractivity contribution in [2.24, 2.45) is 5.73 Å². The first kappa shape index (κ1) is 16.0. The first-order valence-corrected chi connectivity index (χ1v) is 8.14. The highest BCUT2D eigenvalue weighted by Crippen LogP contribution is 2.21. The zero-order valence-corrected chi connectivity index (χ0v) is 13.3. The van der Waals surface area contributed by atoms with Crippen molar-refractivity contribution in [3.05, 3.63) is 17.7 Å². The normalized spacial score (nSPS) is 17.2. The summed E-state index contributed by atoms with van der Waals surface area (Å²) in [5.74, 6) is -0.261. The number of aryl methyl sites for hydroxylation is 2. The van der Waals surface area contributed by atoms with E-state index in [1.807, 2.05) is 13.3 Å². The number of rotatable bonds is 8. The van der Waals surface area contributed by atoms with Crippen LogP contribution < -0.4 is 11.1 Å². The highest BCUT2D eigenvalue weighted by atomic mass is 16.1. The molecule has 3 N–H and O–H groups in total. The number of fused-ring (bicyclic) bond motifs is 1. The molecule has 5 heteroatoms. The van der Waals surface area contributed by atoms with E-state index < -0.39 is 5.54 Å². The van der Waals surface area contributed by atoms with Crippen molar-refractivity contribution in [3.63, 3.8) is 0 Å². The second-order valence-electron chi connectivity index (χ2n) is 6.27. The minimum atomic E-state index is -0.601. The number of carbonyl (C=O) groups is 1. The second-order valence-corrected chi connectivity index (χ2v) is 6.27. The Kier molecular flexibility index (Phi) is 5.39. The molecular weight excluding hydrogens is 264 g/mol. The van der Waals surface area contributed by atoms with E-state index >= 15 is 0 Å². The van der Waals surface area contributed by atoms with Gasteiger partial charge < -0.3 is 15.6 Å². The zero-order chi connectivity index (χ0) is 15.3. The molecule has 118 valence electrons. The molecule has 1 aromatic rings. The number of nitrogens with two attached hydrogens (primary N) is 1. The molecule has 0 fully saturated rings. The molecule has 1 aromatic heterocycles. The molecule has 0 aliphatic heterocycles. The number of nitrogens with zero attached hydrogens (tertiary/aromatic N) is 2. The van der Waals surface area contributed by atoms with Gasteiger partial charge in [0.05, 0.1) is 17.6 Å². The van der Waals surface area contributed by atoms with E-state index in [9.17, 15) is 4.79 Å². The van der Waals surface area contributed by atoms with Gasteiger partial charge in [0, 0.05) is 12.2 Å². The molecule has 1 unspecified atom stereocenters. The van der Waals surface area contributed by atoms with Crippen molar-refractivity contribution in [1.82, 2.24) is 14.9 Å². The van der Waals surface area contributed by atoms with Gasteiger partial charge >= 0.3 is 0 Å². The van der Waals surface area contributed by atoms with Crippen LogP contribution in [-0.2, 0) is 24.2 Å². The molecule has 21 heavy (non-hydrogen) atoms. The summed E-state index contributed by atoms with van der Waals surface area (Å²) >= 11 is 0. The Hall–Kier alpha value is -1.36. The third-order valence-corrected chi connectivity index (χ3v) is 4.49. The molecule has 0 spiro atoms. The summed E-state index contributed by atoms with van der Waals surface area (Å²) in [6.45, 7) is 5.74. The molecule has 2 rings (SSSR count). The average molecular weight is 292 g/mol. The lowest BCUT2D eigenvalue weighted by Crippen LogP contribution is -2.53. The standard InChI is InChI=1S/C16H28N4O/c1-3-10-19-16(2,15(17)21)9-6-11-20-12-18-13-7-4-5-8-14(13)20/h12,19H,3-11H2,1-2H3,(H2,17,21). The molecule has 0 radical (unpaired) electrons. The third kappa shape index (κ3) is 3.84. The van der Waals surface area contributed by atoms with E-state index in [4.69, 9.17) is 5.73 Å². The Morgan fingerprint density at radius 3 is 2.95 bits per heavy atom. The van der Waals surface area contributed by atoms with E-state index in [0.717, 1.165) is 45.2 Å². The van der Waals surface area contributed by atoms with Crippen molar-refractivity contribution in [3.8, 4) is 0 Å². The smallest absolute Gasteiger partial charge is 0.237 e. The van der Waals surface area contributed by atoms with Gasteiger partial charge in [0.2, 0.25) is 5.91 Å². The molecule has 1 heterocycles. The molecule has 1 atom stereocenters. The number of imidazole rings is 1. The third-order valence-electron chi connectivity index (χ3n) is 4.49. The van der Waals surface area contributed by atoms with E-state index in [1.165, 1.54) is 24.2 Å². The summed E-state index contributed by atoms with van der Waals surface area (Å²) in [5.41, 5.74) is 7.62. The fourth-order valence-electron chi connectivity index (χ4n) is 3.03.